The van der Waals surface area contributed by atoms with Gasteiger partial charge in [0, 0.05) is 55.0 Å². The second kappa shape index (κ2) is 28.1. The van der Waals surface area contributed by atoms with Crippen LogP contribution in [-0.4, -0.2) is 187 Å². The largest absolute Gasteiger partial charge is 0.463 e. The zero-order valence-corrected chi connectivity index (χ0v) is 38.2. The third-order valence-electron chi connectivity index (χ3n) is 8.32. The maximum Gasteiger partial charge on any atom is 0.320 e. The molecular weight excluding hydrogens is 876 g/mol. The van der Waals surface area contributed by atoms with Crippen LogP contribution in [0.3, 0.4) is 0 Å². The molecule has 2 N–H and O–H groups in total. The van der Waals surface area contributed by atoms with E-state index in [2.05, 4.69) is 10.6 Å². The van der Waals surface area contributed by atoms with Crippen LogP contribution in [0.4, 0.5) is 0 Å². The molecule has 0 aliphatic carbocycles. The molecule has 2 saturated heterocycles. The SMILES string of the molecule is CC(=O)OC[C@H]1O[C@@H](O[C@H]2[C@H](OC(C)=O)[C@@H](OC(C)=O)[C@H](NC(=O)COCCOCCOCCNCC(=O)OC(C)(C)C)O[C@@H]2COC(C)=O)[C@H](OC(C)=O)[C@@H](OC(C)=O)[C@H]1OC(C)=O. The van der Waals surface area contributed by atoms with Gasteiger partial charge in [0.15, 0.2) is 43.0 Å². The first-order valence-corrected chi connectivity index (χ1v) is 20.5. The Morgan fingerprint density at radius 3 is 1.46 bits per heavy atom. The van der Waals surface area contributed by atoms with Gasteiger partial charge in [-0.3, -0.25) is 43.2 Å². The lowest BCUT2D eigenvalue weighted by Crippen LogP contribution is -2.69. The minimum atomic E-state index is -1.87. The molecule has 25 nitrogen and oxygen atoms in total. The van der Waals surface area contributed by atoms with Gasteiger partial charge in [0.25, 0.3) is 0 Å². The van der Waals surface area contributed by atoms with E-state index in [0.717, 1.165) is 48.5 Å². The topological polar surface area (TPSA) is 307 Å². The highest BCUT2D eigenvalue weighted by Gasteiger charge is 2.57. The predicted molar refractivity (Wildman–Crippen MR) is 213 cm³/mol. The first-order chi connectivity index (χ1) is 30.5. The van der Waals surface area contributed by atoms with Crippen LogP contribution in [-0.2, 0) is 109 Å². The van der Waals surface area contributed by atoms with Crippen molar-refractivity contribution in [3.05, 3.63) is 0 Å². The van der Waals surface area contributed by atoms with Gasteiger partial charge < -0.3 is 76.9 Å². The number of ether oxygens (including phenoxy) is 14. The van der Waals surface area contributed by atoms with Crippen LogP contribution in [0.15, 0.2) is 0 Å². The summed E-state index contributed by atoms with van der Waals surface area (Å²) in [5.41, 5.74) is -0.580. The molecule has 2 heterocycles. The molecule has 25 heteroatoms. The van der Waals surface area contributed by atoms with Gasteiger partial charge in [0.2, 0.25) is 5.91 Å². The van der Waals surface area contributed by atoms with Crippen LogP contribution in [0.25, 0.3) is 0 Å². The van der Waals surface area contributed by atoms with Gasteiger partial charge in [-0.15, -0.1) is 0 Å². The van der Waals surface area contributed by atoms with E-state index in [0.29, 0.717) is 13.2 Å². The first-order valence-electron chi connectivity index (χ1n) is 20.5. The molecule has 2 aliphatic rings. The van der Waals surface area contributed by atoms with Crippen LogP contribution in [0.2, 0.25) is 0 Å². The summed E-state index contributed by atoms with van der Waals surface area (Å²) >= 11 is 0. The molecule has 2 fully saturated rings. The predicted octanol–water partition coefficient (Wildman–Crippen LogP) is -1.30. The Labute approximate surface area is 375 Å². The number of hydrogen-bond acceptors (Lipinski definition) is 24. The van der Waals surface area contributed by atoms with Crippen molar-refractivity contribution in [2.75, 3.05) is 65.9 Å². The Balaban J connectivity index is 2.27. The van der Waals surface area contributed by atoms with Crippen molar-refractivity contribution in [2.45, 2.75) is 136 Å². The molecule has 10 atom stereocenters. The number of carbonyl (C=O) groups is 9. The van der Waals surface area contributed by atoms with Gasteiger partial charge in [-0.25, -0.2) is 0 Å². The number of nitrogens with one attached hydrogen (secondary N) is 2. The van der Waals surface area contributed by atoms with Crippen LogP contribution in [0.1, 0.15) is 69.2 Å². The second-order valence-corrected chi connectivity index (χ2v) is 15.3. The van der Waals surface area contributed by atoms with Crippen molar-refractivity contribution in [3.63, 3.8) is 0 Å². The average Bonchev–Trinajstić information content (AvgIpc) is 3.16. The molecular formula is C40H62N2O23. The van der Waals surface area contributed by atoms with Crippen molar-refractivity contribution in [2.24, 2.45) is 0 Å². The van der Waals surface area contributed by atoms with E-state index >= 15 is 0 Å². The lowest BCUT2D eigenvalue weighted by molar-refractivity contribution is -0.345. The standard InChI is InChI=1S/C40H62N2O23/c1-21(43)55-18-28-33(64-39-37(61-27(7)49)35(59-25(5)47)32(57-23(3)45)29(63-39)19-56-22(2)44)34(58-24(4)46)36(60-26(6)48)38(62-28)42-30(50)20-54-16-15-53-14-13-52-12-11-41-17-31(51)65-40(8,9)10/h28-29,32-39,41H,11-20H2,1-10H3,(H,42,50)/t28-,29-,32+,33-,34+,35+,36-,37-,38-,39+/m1/s1. The fourth-order valence-corrected chi connectivity index (χ4v) is 6.15. The summed E-state index contributed by atoms with van der Waals surface area (Å²) in [6.45, 7) is 11.9. The van der Waals surface area contributed by atoms with E-state index in [-0.39, 0.29) is 38.9 Å². The highest BCUT2D eigenvalue weighted by Crippen LogP contribution is 2.35. The summed E-state index contributed by atoms with van der Waals surface area (Å²) in [6.07, 6.45) is -16.6. The lowest BCUT2D eigenvalue weighted by Gasteiger charge is -2.48. The first kappa shape index (κ1) is 56.1. The molecule has 0 aromatic rings. The van der Waals surface area contributed by atoms with Gasteiger partial charge >= 0.3 is 47.8 Å². The zero-order valence-electron chi connectivity index (χ0n) is 38.2. The monoisotopic (exact) mass is 938 g/mol. The highest BCUT2D eigenvalue weighted by atomic mass is 16.8. The molecule has 0 aromatic carbocycles. The van der Waals surface area contributed by atoms with Gasteiger partial charge in [-0.05, 0) is 20.8 Å². The Morgan fingerprint density at radius 2 is 0.954 bits per heavy atom. The quantitative estimate of drug-likeness (QED) is 0.0611. The van der Waals surface area contributed by atoms with E-state index in [1.54, 1.807) is 20.8 Å². The summed E-state index contributed by atoms with van der Waals surface area (Å²) in [7, 11) is 0. The van der Waals surface area contributed by atoms with Gasteiger partial charge in [-0.2, -0.15) is 0 Å². The smallest absolute Gasteiger partial charge is 0.320 e. The van der Waals surface area contributed by atoms with Crippen molar-refractivity contribution in [3.8, 4) is 0 Å². The van der Waals surface area contributed by atoms with E-state index in [1.807, 2.05) is 0 Å². The average molecular weight is 939 g/mol. The van der Waals surface area contributed by atoms with Crippen LogP contribution >= 0.6 is 0 Å². The minimum absolute atomic E-state index is 0.0367. The van der Waals surface area contributed by atoms with Crippen molar-refractivity contribution in [1.29, 1.82) is 0 Å². The summed E-state index contributed by atoms with van der Waals surface area (Å²) < 4.78 is 77.8. The third kappa shape index (κ3) is 22.1. The summed E-state index contributed by atoms with van der Waals surface area (Å²) in [5, 5.41) is 5.40. The van der Waals surface area contributed by atoms with Gasteiger partial charge in [0.1, 0.15) is 43.7 Å². The molecule has 370 valence electrons. The Kier molecular flexibility index (Phi) is 24.2. The van der Waals surface area contributed by atoms with E-state index in [9.17, 15) is 43.2 Å². The van der Waals surface area contributed by atoms with Gasteiger partial charge in [-0.1, -0.05) is 0 Å². The van der Waals surface area contributed by atoms with Crippen molar-refractivity contribution < 1.29 is 109 Å². The van der Waals surface area contributed by atoms with E-state index in [1.165, 1.54) is 0 Å². The molecule has 0 spiro atoms. The summed E-state index contributed by atoms with van der Waals surface area (Å²) in [4.78, 5) is 111. The zero-order chi connectivity index (χ0) is 48.9. The van der Waals surface area contributed by atoms with E-state index < -0.39 is 134 Å². The Morgan fingerprint density at radius 1 is 0.508 bits per heavy atom. The second-order valence-electron chi connectivity index (χ2n) is 15.3. The number of amides is 1. The Bertz CT molecular complexity index is 1620. The normalized spacial score (nSPS) is 25.2. The molecule has 0 aromatic heterocycles. The van der Waals surface area contributed by atoms with Crippen LogP contribution < -0.4 is 10.6 Å². The Hall–Kier alpha value is -5.05. The fourth-order valence-electron chi connectivity index (χ4n) is 6.15. The van der Waals surface area contributed by atoms with Gasteiger partial charge in [0.05, 0.1) is 39.6 Å². The summed E-state index contributed by atoms with van der Waals surface area (Å²) in [5.74, 6) is -7.45. The molecule has 0 radical (unpaired) electrons. The fraction of sp³-hybridized carbons (Fsp3) is 0.775. The molecule has 2 aliphatic heterocycles. The molecule has 0 unspecified atom stereocenters. The maximum absolute atomic E-state index is 13.2. The molecule has 1 amide bonds. The van der Waals surface area contributed by atoms with E-state index in [4.69, 9.17) is 66.3 Å². The van der Waals surface area contributed by atoms with Crippen molar-refractivity contribution in [1.82, 2.24) is 10.6 Å². The molecule has 0 bridgehead atoms. The van der Waals surface area contributed by atoms with Crippen LogP contribution in [0, 0.1) is 0 Å². The lowest BCUT2D eigenvalue weighted by atomic mass is 9.95. The summed E-state index contributed by atoms with van der Waals surface area (Å²) in [6, 6.07) is 0. The highest BCUT2D eigenvalue weighted by molar-refractivity contribution is 5.77. The number of esters is 8. The molecule has 65 heavy (non-hydrogen) atoms. The molecule has 2 rings (SSSR count). The minimum Gasteiger partial charge on any atom is -0.463 e. The number of carbonyl (C=O) groups excluding carboxylic acids is 9. The molecule has 0 saturated carbocycles. The third-order valence-corrected chi connectivity index (χ3v) is 8.32. The maximum atomic E-state index is 13.2. The van der Waals surface area contributed by atoms with Crippen molar-refractivity contribution >= 4 is 53.7 Å². The number of hydrogen-bond donors (Lipinski definition) is 2. The number of rotatable bonds is 25. The van der Waals surface area contributed by atoms with Crippen LogP contribution in [0.5, 0.6) is 0 Å².